The summed E-state index contributed by atoms with van der Waals surface area (Å²) in [5.74, 6) is 1.09. The summed E-state index contributed by atoms with van der Waals surface area (Å²) in [4.78, 5) is 6.54. The average molecular weight is 300 g/mol. The van der Waals surface area contributed by atoms with Crippen LogP contribution in [0.15, 0.2) is 4.52 Å². The predicted molar refractivity (Wildman–Crippen MR) is 72.8 cm³/mol. The number of aromatic nitrogens is 2. The zero-order valence-electron chi connectivity index (χ0n) is 11.4. The standard InChI is InChI=1S/C12H20N4O3S/c17-20(18)8-2-1-3-10(20)12-14-11(15-19-12)9-16-6-4-13-5-7-16/h10,13H,1-9H2. The number of rotatable bonds is 3. The van der Waals surface area contributed by atoms with Gasteiger partial charge in [0.15, 0.2) is 15.7 Å². The first-order valence-electron chi connectivity index (χ1n) is 7.12. The van der Waals surface area contributed by atoms with Gasteiger partial charge >= 0.3 is 0 Å². The summed E-state index contributed by atoms with van der Waals surface area (Å²) in [6.07, 6.45) is 2.23. The molecule has 0 aromatic carbocycles. The maximum atomic E-state index is 12.0. The molecule has 2 aliphatic heterocycles. The van der Waals surface area contributed by atoms with E-state index in [-0.39, 0.29) is 11.6 Å². The quantitative estimate of drug-likeness (QED) is 0.847. The summed E-state index contributed by atoms with van der Waals surface area (Å²) in [6, 6.07) is 0. The van der Waals surface area contributed by atoms with E-state index in [0.717, 1.165) is 39.0 Å². The summed E-state index contributed by atoms with van der Waals surface area (Å²) in [5, 5.41) is 6.62. The van der Waals surface area contributed by atoms with Crippen molar-refractivity contribution in [2.75, 3.05) is 31.9 Å². The molecule has 2 aliphatic rings. The molecular formula is C12H20N4O3S. The third kappa shape index (κ3) is 3.02. The second-order valence-corrected chi connectivity index (χ2v) is 7.73. The summed E-state index contributed by atoms with van der Waals surface area (Å²) in [5.41, 5.74) is 0. The Balaban J connectivity index is 1.69. The Labute approximate surface area is 118 Å². The molecule has 0 saturated carbocycles. The van der Waals surface area contributed by atoms with E-state index < -0.39 is 15.1 Å². The molecule has 0 radical (unpaired) electrons. The van der Waals surface area contributed by atoms with Gasteiger partial charge in [0.25, 0.3) is 0 Å². The molecule has 1 aromatic heterocycles. The number of nitrogens with zero attached hydrogens (tertiary/aromatic N) is 3. The Morgan fingerprint density at radius 2 is 2.10 bits per heavy atom. The van der Waals surface area contributed by atoms with Crippen molar-refractivity contribution in [3.05, 3.63) is 11.7 Å². The normalized spacial score (nSPS) is 27.5. The monoisotopic (exact) mass is 300 g/mol. The first kappa shape index (κ1) is 14.0. The van der Waals surface area contributed by atoms with E-state index in [1.54, 1.807) is 0 Å². The van der Waals surface area contributed by atoms with Crippen LogP contribution in [0.4, 0.5) is 0 Å². The zero-order valence-corrected chi connectivity index (χ0v) is 12.2. The van der Waals surface area contributed by atoms with Crippen LogP contribution in [-0.4, -0.2) is 55.4 Å². The Kier molecular flexibility index (Phi) is 4.04. The fourth-order valence-electron chi connectivity index (χ4n) is 2.76. The van der Waals surface area contributed by atoms with Gasteiger partial charge in [-0.05, 0) is 12.8 Å². The Morgan fingerprint density at radius 3 is 2.85 bits per heavy atom. The van der Waals surface area contributed by atoms with Crippen LogP contribution >= 0.6 is 0 Å². The largest absolute Gasteiger partial charge is 0.338 e. The van der Waals surface area contributed by atoms with E-state index >= 15 is 0 Å². The van der Waals surface area contributed by atoms with Crippen LogP contribution in [0.5, 0.6) is 0 Å². The second kappa shape index (κ2) is 5.79. The molecule has 0 amide bonds. The predicted octanol–water partition coefficient (Wildman–Crippen LogP) is 0.115. The van der Waals surface area contributed by atoms with Gasteiger partial charge in [-0.15, -0.1) is 0 Å². The number of hydrogen-bond donors (Lipinski definition) is 1. The maximum Gasteiger partial charge on any atom is 0.245 e. The molecule has 2 fully saturated rings. The van der Waals surface area contributed by atoms with Gasteiger partial charge in [-0.2, -0.15) is 4.98 Å². The smallest absolute Gasteiger partial charge is 0.245 e. The lowest BCUT2D eigenvalue weighted by Gasteiger charge is -2.25. The van der Waals surface area contributed by atoms with Crippen molar-refractivity contribution in [3.63, 3.8) is 0 Å². The van der Waals surface area contributed by atoms with Gasteiger partial charge < -0.3 is 9.84 Å². The van der Waals surface area contributed by atoms with Crippen molar-refractivity contribution >= 4 is 9.84 Å². The third-order valence-corrected chi connectivity index (χ3v) is 6.07. The molecule has 8 heteroatoms. The maximum absolute atomic E-state index is 12.0. The molecule has 0 aliphatic carbocycles. The number of nitrogens with one attached hydrogen (secondary N) is 1. The minimum absolute atomic E-state index is 0.229. The molecule has 1 aromatic rings. The van der Waals surface area contributed by atoms with Crippen LogP contribution in [-0.2, 0) is 16.4 Å². The van der Waals surface area contributed by atoms with Crippen LogP contribution in [0.3, 0.4) is 0 Å². The van der Waals surface area contributed by atoms with E-state index in [0.29, 0.717) is 18.8 Å². The second-order valence-electron chi connectivity index (χ2n) is 5.43. The third-order valence-electron chi connectivity index (χ3n) is 3.91. The molecular weight excluding hydrogens is 280 g/mol. The molecule has 2 saturated heterocycles. The summed E-state index contributed by atoms with van der Waals surface area (Å²) < 4.78 is 29.3. The number of sulfone groups is 1. The Morgan fingerprint density at radius 1 is 1.30 bits per heavy atom. The van der Waals surface area contributed by atoms with Crippen LogP contribution in [0.25, 0.3) is 0 Å². The number of hydrogen-bond acceptors (Lipinski definition) is 7. The molecule has 20 heavy (non-hydrogen) atoms. The Bertz CT molecular complexity index is 551. The highest BCUT2D eigenvalue weighted by Gasteiger charge is 2.34. The van der Waals surface area contributed by atoms with E-state index in [2.05, 4.69) is 20.4 Å². The van der Waals surface area contributed by atoms with Crippen LogP contribution in [0, 0.1) is 0 Å². The van der Waals surface area contributed by atoms with E-state index in [4.69, 9.17) is 4.52 Å². The molecule has 0 spiro atoms. The van der Waals surface area contributed by atoms with Gasteiger partial charge in [0.1, 0.15) is 5.25 Å². The molecule has 3 rings (SSSR count). The van der Waals surface area contributed by atoms with Gasteiger partial charge in [0, 0.05) is 26.2 Å². The minimum Gasteiger partial charge on any atom is -0.338 e. The lowest BCUT2D eigenvalue weighted by atomic mass is 10.2. The van der Waals surface area contributed by atoms with Gasteiger partial charge in [0.05, 0.1) is 12.3 Å². The molecule has 0 bridgehead atoms. The van der Waals surface area contributed by atoms with Gasteiger partial charge in [0.2, 0.25) is 5.89 Å². The topological polar surface area (TPSA) is 88.3 Å². The molecule has 1 atom stereocenters. The van der Waals surface area contributed by atoms with Crippen LogP contribution < -0.4 is 5.32 Å². The average Bonchev–Trinajstić information content (AvgIpc) is 2.87. The minimum atomic E-state index is -3.12. The fourth-order valence-corrected chi connectivity index (χ4v) is 4.58. The van der Waals surface area contributed by atoms with Crippen LogP contribution in [0.1, 0.15) is 36.2 Å². The number of piperazine rings is 1. The first-order valence-corrected chi connectivity index (χ1v) is 8.84. The van der Waals surface area contributed by atoms with Crippen molar-refractivity contribution in [1.29, 1.82) is 0 Å². The van der Waals surface area contributed by atoms with Gasteiger partial charge in [-0.25, -0.2) is 8.42 Å². The molecule has 1 unspecified atom stereocenters. The van der Waals surface area contributed by atoms with Crippen molar-refractivity contribution in [2.24, 2.45) is 0 Å². The summed E-state index contributed by atoms with van der Waals surface area (Å²) >= 11 is 0. The first-order chi connectivity index (χ1) is 9.65. The SMILES string of the molecule is O=S1(=O)CCCCC1c1nc(CN2CCNCC2)no1. The zero-order chi connectivity index (χ0) is 14.0. The Hall–Kier alpha value is -0.990. The summed E-state index contributed by atoms with van der Waals surface area (Å²) in [7, 11) is -3.12. The van der Waals surface area contributed by atoms with Gasteiger partial charge in [-0.3, -0.25) is 4.90 Å². The highest BCUT2D eigenvalue weighted by molar-refractivity contribution is 7.91. The lowest BCUT2D eigenvalue weighted by molar-refractivity contribution is 0.224. The van der Waals surface area contributed by atoms with Crippen molar-refractivity contribution < 1.29 is 12.9 Å². The molecule has 1 N–H and O–H groups in total. The van der Waals surface area contributed by atoms with Crippen molar-refractivity contribution in [2.45, 2.75) is 31.1 Å². The highest BCUT2D eigenvalue weighted by atomic mass is 32.2. The van der Waals surface area contributed by atoms with Crippen molar-refractivity contribution in [3.8, 4) is 0 Å². The fraction of sp³-hybridized carbons (Fsp3) is 0.833. The lowest BCUT2D eigenvalue weighted by Crippen LogP contribution is -2.43. The summed E-state index contributed by atoms with van der Waals surface area (Å²) in [6.45, 7) is 4.44. The molecule has 3 heterocycles. The van der Waals surface area contributed by atoms with E-state index in [1.165, 1.54) is 0 Å². The molecule has 7 nitrogen and oxygen atoms in total. The van der Waals surface area contributed by atoms with Gasteiger partial charge in [-0.1, -0.05) is 11.6 Å². The van der Waals surface area contributed by atoms with Crippen LogP contribution in [0.2, 0.25) is 0 Å². The highest BCUT2D eigenvalue weighted by Crippen LogP contribution is 2.32. The van der Waals surface area contributed by atoms with Crippen molar-refractivity contribution in [1.82, 2.24) is 20.4 Å². The van der Waals surface area contributed by atoms with E-state index in [1.807, 2.05) is 0 Å². The van der Waals surface area contributed by atoms with E-state index in [9.17, 15) is 8.42 Å². The molecule has 112 valence electrons.